The van der Waals surface area contributed by atoms with Crippen LogP contribution in [0.25, 0.3) is 0 Å². The van der Waals surface area contributed by atoms with Crippen LogP contribution in [0, 0.1) is 5.92 Å². The molecule has 0 aliphatic heterocycles. The molecule has 0 amide bonds. The fourth-order valence-electron chi connectivity index (χ4n) is 0.861. The third-order valence-electron chi connectivity index (χ3n) is 1.88. The van der Waals surface area contributed by atoms with E-state index in [-0.39, 0.29) is 18.3 Å². The van der Waals surface area contributed by atoms with E-state index in [4.69, 9.17) is 9.63 Å². The summed E-state index contributed by atoms with van der Waals surface area (Å²) in [5.41, 5.74) is 0. The van der Waals surface area contributed by atoms with Gasteiger partial charge in [0, 0.05) is 17.1 Å². The molecule has 0 radical (unpaired) electrons. The third kappa shape index (κ3) is 8.63. The second kappa shape index (κ2) is 8.92. The Bertz CT molecular complexity index is 207. The summed E-state index contributed by atoms with van der Waals surface area (Å²) in [4.78, 5) is 19.6. The summed E-state index contributed by atoms with van der Waals surface area (Å²) in [6, 6.07) is 0. The molecular weight excluding hydrogens is 219 g/mol. The average molecular weight is 237 g/mol. The van der Waals surface area contributed by atoms with E-state index in [1.165, 1.54) is 0 Å². The predicted molar refractivity (Wildman–Crippen MR) is 55.7 cm³/mol. The molecule has 2 atom stereocenters. The van der Waals surface area contributed by atoms with Gasteiger partial charge in [-0.2, -0.15) is 0 Å². The first-order valence-corrected chi connectivity index (χ1v) is 6.10. The zero-order valence-corrected chi connectivity index (χ0v) is 10.0. The minimum Gasteiger partial charge on any atom is -0.381 e. The van der Waals surface area contributed by atoms with Gasteiger partial charge < -0.3 is 4.74 Å². The third-order valence-corrected chi connectivity index (χ3v) is 2.23. The summed E-state index contributed by atoms with van der Waals surface area (Å²) >= 11 is 0. The summed E-state index contributed by atoms with van der Waals surface area (Å²) < 4.78 is 19.7. The van der Waals surface area contributed by atoms with Crippen LogP contribution < -0.4 is 0 Å². The zero-order valence-electron chi connectivity index (χ0n) is 9.14. The van der Waals surface area contributed by atoms with Gasteiger partial charge >= 0.3 is 8.25 Å². The lowest BCUT2D eigenvalue weighted by atomic mass is 10.1. The Kier molecular flexibility index (Phi) is 8.71. The summed E-state index contributed by atoms with van der Waals surface area (Å²) in [6.07, 6.45) is 2.02. The molecule has 1 N–H and O–H groups in total. The van der Waals surface area contributed by atoms with E-state index in [9.17, 15) is 9.36 Å². The Hall–Kier alpha value is -0.350. The van der Waals surface area contributed by atoms with Crippen molar-refractivity contribution in [1.82, 2.24) is 0 Å². The van der Waals surface area contributed by atoms with Gasteiger partial charge in [-0.1, -0.05) is 20.3 Å². The molecule has 0 aliphatic carbocycles. The topological polar surface area (TPSA) is 72.8 Å². The van der Waals surface area contributed by atoms with E-state index in [1.54, 1.807) is 6.92 Å². The molecular formula is C9H18O5P+. The van der Waals surface area contributed by atoms with Gasteiger partial charge in [-0.25, -0.2) is 0 Å². The molecule has 2 unspecified atom stereocenters. The first kappa shape index (κ1) is 14.6. The fourth-order valence-corrected chi connectivity index (χ4v) is 1.10. The highest BCUT2D eigenvalue weighted by Crippen LogP contribution is 2.14. The number of rotatable bonds is 9. The second-order valence-corrected chi connectivity index (χ2v) is 4.04. The molecule has 0 fully saturated rings. The number of ether oxygens (including phenoxy) is 1. The monoisotopic (exact) mass is 237 g/mol. The van der Waals surface area contributed by atoms with Gasteiger partial charge in [-0.15, -0.1) is 9.42 Å². The molecule has 0 aromatic rings. The van der Waals surface area contributed by atoms with Crippen LogP contribution in [-0.2, 0) is 18.6 Å². The van der Waals surface area contributed by atoms with Crippen molar-refractivity contribution >= 4 is 14.0 Å². The van der Waals surface area contributed by atoms with E-state index in [0.717, 1.165) is 12.8 Å². The predicted octanol–water partition coefficient (Wildman–Crippen LogP) is 1.67. The first-order chi connectivity index (χ1) is 7.07. The van der Waals surface area contributed by atoms with Crippen molar-refractivity contribution in [2.45, 2.75) is 26.7 Å². The maximum absolute atomic E-state index is 11.3. The van der Waals surface area contributed by atoms with Crippen molar-refractivity contribution in [3.63, 3.8) is 0 Å². The summed E-state index contributed by atoms with van der Waals surface area (Å²) in [6.45, 7) is 4.42. The van der Waals surface area contributed by atoms with Crippen molar-refractivity contribution in [3.05, 3.63) is 0 Å². The highest BCUT2D eigenvalue weighted by atomic mass is 31.1. The quantitative estimate of drug-likeness (QED) is 0.488. The SMILES string of the molecule is CCCCOCC(C)C(=O)CO[P+](=O)O. The molecule has 0 aromatic carbocycles. The van der Waals surface area contributed by atoms with Crippen LogP contribution in [0.5, 0.6) is 0 Å². The maximum atomic E-state index is 11.3. The van der Waals surface area contributed by atoms with Crippen LogP contribution in [0.2, 0.25) is 0 Å². The summed E-state index contributed by atoms with van der Waals surface area (Å²) in [7, 11) is -2.69. The molecule has 0 aliphatic rings. The van der Waals surface area contributed by atoms with Crippen molar-refractivity contribution in [2.24, 2.45) is 5.92 Å². The molecule has 6 heteroatoms. The molecule has 0 saturated carbocycles. The highest BCUT2D eigenvalue weighted by molar-refractivity contribution is 7.32. The lowest BCUT2D eigenvalue weighted by molar-refractivity contribution is -0.126. The van der Waals surface area contributed by atoms with Crippen LogP contribution in [0.4, 0.5) is 0 Å². The molecule has 5 nitrogen and oxygen atoms in total. The number of carbonyl (C=O) groups excluding carboxylic acids is 1. The summed E-state index contributed by atoms with van der Waals surface area (Å²) in [5.74, 6) is -0.513. The zero-order chi connectivity index (χ0) is 11.7. The molecule has 0 aromatic heterocycles. The van der Waals surface area contributed by atoms with E-state index in [2.05, 4.69) is 11.4 Å². The Labute approximate surface area is 90.7 Å². The molecule has 15 heavy (non-hydrogen) atoms. The van der Waals surface area contributed by atoms with Crippen LogP contribution in [0.3, 0.4) is 0 Å². The largest absolute Gasteiger partial charge is 0.695 e. The van der Waals surface area contributed by atoms with E-state index < -0.39 is 8.25 Å². The Morgan fingerprint density at radius 2 is 2.20 bits per heavy atom. The number of hydrogen-bond acceptors (Lipinski definition) is 4. The number of hydrogen-bond donors (Lipinski definition) is 1. The van der Waals surface area contributed by atoms with Crippen LogP contribution in [0.15, 0.2) is 0 Å². The number of ketones is 1. The minimum absolute atomic E-state index is 0.219. The van der Waals surface area contributed by atoms with Gasteiger partial charge in [-0.3, -0.25) is 4.79 Å². The first-order valence-electron chi connectivity index (χ1n) is 4.97. The van der Waals surface area contributed by atoms with Gasteiger partial charge in [0.1, 0.15) is 0 Å². The van der Waals surface area contributed by atoms with Crippen molar-refractivity contribution in [3.8, 4) is 0 Å². The lowest BCUT2D eigenvalue weighted by Crippen LogP contribution is -2.21. The molecule has 0 bridgehead atoms. The van der Waals surface area contributed by atoms with Crippen LogP contribution in [0.1, 0.15) is 26.7 Å². The standard InChI is InChI=1S/C9H17O5P/c1-3-4-5-13-6-8(2)9(10)7-14-15(11)12/h8H,3-7H2,1-2H3/p+1. The minimum atomic E-state index is -2.69. The van der Waals surface area contributed by atoms with Crippen molar-refractivity contribution < 1.29 is 23.5 Å². The molecule has 88 valence electrons. The van der Waals surface area contributed by atoms with Crippen LogP contribution in [-0.4, -0.2) is 30.5 Å². The second-order valence-electron chi connectivity index (χ2n) is 3.31. The smallest absolute Gasteiger partial charge is 0.381 e. The maximum Gasteiger partial charge on any atom is 0.695 e. The normalized spacial score (nSPS) is 13.7. The number of Topliss-reactive ketones (excluding diaryl/α,β-unsaturated/α-hetero) is 1. The summed E-state index contributed by atoms with van der Waals surface area (Å²) in [5, 5.41) is 0. The van der Waals surface area contributed by atoms with E-state index in [0.29, 0.717) is 13.2 Å². The van der Waals surface area contributed by atoms with E-state index >= 15 is 0 Å². The van der Waals surface area contributed by atoms with Crippen molar-refractivity contribution in [1.29, 1.82) is 0 Å². The molecule has 0 rings (SSSR count). The van der Waals surface area contributed by atoms with Gasteiger partial charge in [0.15, 0.2) is 12.4 Å². The van der Waals surface area contributed by atoms with Gasteiger partial charge in [0.2, 0.25) is 0 Å². The van der Waals surface area contributed by atoms with Gasteiger partial charge in [0.25, 0.3) is 0 Å². The van der Waals surface area contributed by atoms with E-state index in [1.807, 2.05) is 0 Å². The Balaban J connectivity index is 3.55. The van der Waals surface area contributed by atoms with Crippen molar-refractivity contribution in [2.75, 3.05) is 19.8 Å². The molecule has 0 heterocycles. The highest BCUT2D eigenvalue weighted by Gasteiger charge is 2.20. The fraction of sp³-hybridized carbons (Fsp3) is 0.889. The lowest BCUT2D eigenvalue weighted by Gasteiger charge is -2.08. The van der Waals surface area contributed by atoms with Crippen LogP contribution >= 0.6 is 8.25 Å². The number of carbonyl (C=O) groups is 1. The molecule has 0 saturated heterocycles. The van der Waals surface area contributed by atoms with Gasteiger partial charge in [-0.05, 0) is 6.42 Å². The average Bonchev–Trinajstić information content (AvgIpc) is 2.20. The Morgan fingerprint density at radius 1 is 1.53 bits per heavy atom. The number of unbranched alkanes of at least 4 members (excludes halogenated alkanes) is 1. The molecule has 0 spiro atoms. The Morgan fingerprint density at radius 3 is 2.73 bits per heavy atom. The van der Waals surface area contributed by atoms with Gasteiger partial charge in [0.05, 0.1) is 6.61 Å².